The summed E-state index contributed by atoms with van der Waals surface area (Å²) in [5.74, 6) is 0. The van der Waals surface area contributed by atoms with Crippen LogP contribution in [0.25, 0.3) is 0 Å². The van der Waals surface area contributed by atoms with Crippen molar-refractivity contribution in [2.45, 2.75) is 57.1 Å². The average Bonchev–Trinajstić information content (AvgIpc) is 2.41. The van der Waals surface area contributed by atoms with E-state index in [1.807, 2.05) is 7.11 Å². The van der Waals surface area contributed by atoms with Crippen LogP contribution in [0.5, 0.6) is 0 Å². The summed E-state index contributed by atoms with van der Waals surface area (Å²) >= 11 is 0. The zero-order chi connectivity index (χ0) is 13.6. The molecule has 0 spiro atoms. The van der Waals surface area contributed by atoms with Gasteiger partial charge in [0.15, 0.2) is 0 Å². The van der Waals surface area contributed by atoms with Gasteiger partial charge in [0.05, 0.1) is 5.60 Å². The van der Waals surface area contributed by atoms with E-state index in [1.165, 1.54) is 31.2 Å². The minimum absolute atomic E-state index is 0.153. The molecular weight excluding hydrogens is 234 g/mol. The highest BCUT2D eigenvalue weighted by atomic mass is 16.5. The molecular formula is C17H27NO. The van der Waals surface area contributed by atoms with E-state index in [0.717, 1.165) is 19.4 Å². The van der Waals surface area contributed by atoms with Gasteiger partial charge in [0.25, 0.3) is 0 Å². The highest BCUT2D eigenvalue weighted by Gasteiger charge is 2.38. The summed E-state index contributed by atoms with van der Waals surface area (Å²) in [6.07, 6.45) is 7.19. The lowest BCUT2D eigenvalue weighted by Crippen LogP contribution is -2.46. The normalized spacial score (nSPS) is 18.8. The molecule has 1 unspecified atom stereocenters. The van der Waals surface area contributed by atoms with Gasteiger partial charge in [-0.3, -0.25) is 0 Å². The number of methoxy groups -OCH3 is 1. The molecule has 1 aliphatic carbocycles. The van der Waals surface area contributed by atoms with Crippen LogP contribution in [0.1, 0.15) is 44.6 Å². The molecule has 1 aliphatic rings. The van der Waals surface area contributed by atoms with E-state index in [2.05, 4.69) is 42.6 Å². The lowest BCUT2D eigenvalue weighted by atomic mass is 9.75. The number of hydrogen-bond acceptors (Lipinski definition) is 2. The van der Waals surface area contributed by atoms with E-state index in [9.17, 15) is 0 Å². The van der Waals surface area contributed by atoms with Crippen molar-refractivity contribution < 1.29 is 4.74 Å². The van der Waals surface area contributed by atoms with Gasteiger partial charge in [0, 0.05) is 13.2 Å². The molecule has 1 atom stereocenters. The topological polar surface area (TPSA) is 21.3 Å². The van der Waals surface area contributed by atoms with Gasteiger partial charge >= 0.3 is 0 Å². The molecule has 0 radical (unpaired) electrons. The van der Waals surface area contributed by atoms with Crippen molar-refractivity contribution in [3.63, 3.8) is 0 Å². The molecule has 2 rings (SSSR count). The fourth-order valence-electron chi connectivity index (χ4n) is 2.98. The summed E-state index contributed by atoms with van der Waals surface area (Å²) in [6.45, 7) is 3.32. The first kappa shape index (κ1) is 14.5. The van der Waals surface area contributed by atoms with Crippen LogP contribution in [-0.4, -0.2) is 25.3 Å². The second-order valence-corrected chi connectivity index (χ2v) is 5.79. The van der Waals surface area contributed by atoms with E-state index in [-0.39, 0.29) is 5.60 Å². The molecule has 0 bridgehead atoms. The maximum absolute atomic E-state index is 5.78. The Labute approximate surface area is 117 Å². The second kappa shape index (κ2) is 7.06. The number of hydrogen-bond donors (Lipinski definition) is 1. The van der Waals surface area contributed by atoms with Gasteiger partial charge in [0.1, 0.15) is 0 Å². The largest absolute Gasteiger partial charge is 0.378 e. The lowest BCUT2D eigenvalue weighted by Gasteiger charge is -2.43. The molecule has 1 saturated carbocycles. The molecule has 0 aliphatic heterocycles. The van der Waals surface area contributed by atoms with Crippen LogP contribution in [0.2, 0.25) is 0 Å². The third-order valence-electron chi connectivity index (χ3n) is 4.32. The van der Waals surface area contributed by atoms with Crippen LogP contribution in [0.15, 0.2) is 30.3 Å². The zero-order valence-corrected chi connectivity index (χ0v) is 12.3. The third-order valence-corrected chi connectivity index (χ3v) is 4.32. The van der Waals surface area contributed by atoms with E-state index < -0.39 is 0 Å². The Hall–Kier alpha value is -0.860. The van der Waals surface area contributed by atoms with Crippen molar-refractivity contribution in [1.29, 1.82) is 0 Å². The number of rotatable bonds is 8. The van der Waals surface area contributed by atoms with Crippen molar-refractivity contribution in [2.75, 3.05) is 13.7 Å². The summed E-state index contributed by atoms with van der Waals surface area (Å²) in [5, 5.41) is 3.70. The van der Waals surface area contributed by atoms with Crippen LogP contribution in [-0.2, 0) is 11.2 Å². The smallest absolute Gasteiger partial charge is 0.0693 e. The first-order valence-corrected chi connectivity index (χ1v) is 7.60. The van der Waals surface area contributed by atoms with Gasteiger partial charge in [-0.25, -0.2) is 0 Å². The second-order valence-electron chi connectivity index (χ2n) is 5.79. The highest BCUT2D eigenvalue weighted by molar-refractivity contribution is 5.16. The molecule has 1 aromatic carbocycles. The monoisotopic (exact) mass is 261 g/mol. The summed E-state index contributed by atoms with van der Waals surface area (Å²) in [4.78, 5) is 0. The van der Waals surface area contributed by atoms with Crippen LogP contribution in [0.3, 0.4) is 0 Å². The Morgan fingerprint density at radius 1 is 1.26 bits per heavy atom. The van der Waals surface area contributed by atoms with Crippen molar-refractivity contribution in [3.05, 3.63) is 35.9 Å². The first-order valence-electron chi connectivity index (χ1n) is 7.60. The molecule has 0 heterocycles. The van der Waals surface area contributed by atoms with Crippen LogP contribution >= 0.6 is 0 Å². The van der Waals surface area contributed by atoms with Gasteiger partial charge in [-0.15, -0.1) is 0 Å². The van der Waals surface area contributed by atoms with E-state index in [0.29, 0.717) is 6.04 Å². The Kier molecular flexibility index (Phi) is 5.41. The Morgan fingerprint density at radius 3 is 2.53 bits per heavy atom. The lowest BCUT2D eigenvalue weighted by molar-refractivity contribution is -0.0834. The predicted octanol–water partition coefficient (Wildman–Crippen LogP) is 3.56. The number of benzene rings is 1. The Bertz CT molecular complexity index is 353. The van der Waals surface area contributed by atoms with Crippen LogP contribution < -0.4 is 5.32 Å². The van der Waals surface area contributed by atoms with Crippen molar-refractivity contribution in [3.8, 4) is 0 Å². The van der Waals surface area contributed by atoms with Gasteiger partial charge < -0.3 is 10.1 Å². The van der Waals surface area contributed by atoms with Gasteiger partial charge in [0.2, 0.25) is 0 Å². The molecule has 2 nitrogen and oxygen atoms in total. The van der Waals surface area contributed by atoms with Crippen LogP contribution in [0, 0.1) is 0 Å². The standard InChI is InChI=1S/C17H27NO/c1-3-12-18-16(13-15-8-5-4-6-9-15)14-17(19-2)10-7-11-17/h4-6,8-9,16,18H,3,7,10-14H2,1-2H3. The molecule has 0 aromatic heterocycles. The molecule has 2 heteroatoms. The highest BCUT2D eigenvalue weighted by Crippen LogP contribution is 2.39. The SMILES string of the molecule is CCCNC(Cc1ccccc1)CC1(OC)CCC1. The summed E-state index contributed by atoms with van der Waals surface area (Å²) in [5.41, 5.74) is 1.57. The first-order chi connectivity index (χ1) is 9.28. The van der Waals surface area contributed by atoms with E-state index in [4.69, 9.17) is 4.74 Å². The maximum Gasteiger partial charge on any atom is 0.0693 e. The molecule has 19 heavy (non-hydrogen) atoms. The van der Waals surface area contributed by atoms with Gasteiger partial charge in [-0.1, -0.05) is 37.3 Å². The van der Waals surface area contributed by atoms with E-state index in [1.54, 1.807) is 0 Å². The molecule has 106 valence electrons. The van der Waals surface area contributed by atoms with Crippen molar-refractivity contribution in [1.82, 2.24) is 5.32 Å². The Balaban J connectivity index is 1.95. The summed E-state index contributed by atoms with van der Waals surface area (Å²) in [6, 6.07) is 11.3. The quantitative estimate of drug-likeness (QED) is 0.772. The Morgan fingerprint density at radius 2 is 2.00 bits per heavy atom. The van der Waals surface area contributed by atoms with Gasteiger partial charge in [-0.05, 0) is 50.6 Å². The van der Waals surface area contributed by atoms with E-state index >= 15 is 0 Å². The van der Waals surface area contributed by atoms with Crippen molar-refractivity contribution >= 4 is 0 Å². The molecule has 0 saturated heterocycles. The minimum Gasteiger partial charge on any atom is -0.378 e. The zero-order valence-electron chi connectivity index (χ0n) is 12.3. The molecule has 1 fully saturated rings. The maximum atomic E-state index is 5.78. The minimum atomic E-state index is 0.153. The van der Waals surface area contributed by atoms with Crippen LogP contribution in [0.4, 0.5) is 0 Å². The fraction of sp³-hybridized carbons (Fsp3) is 0.647. The average molecular weight is 261 g/mol. The fourth-order valence-corrected chi connectivity index (χ4v) is 2.98. The number of ether oxygens (including phenoxy) is 1. The predicted molar refractivity (Wildman–Crippen MR) is 80.4 cm³/mol. The molecule has 1 aromatic rings. The van der Waals surface area contributed by atoms with Crippen molar-refractivity contribution in [2.24, 2.45) is 0 Å². The molecule has 1 N–H and O–H groups in total. The number of nitrogens with one attached hydrogen (secondary N) is 1. The summed E-state index contributed by atoms with van der Waals surface area (Å²) < 4.78 is 5.78. The molecule has 0 amide bonds. The van der Waals surface area contributed by atoms with Gasteiger partial charge in [-0.2, -0.15) is 0 Å². The summed E-state index contributed by atoms with van der Waals surface area (Å²) in [7, 11) is 1.87. The third kappa shape index (κ3) is 4.05.